The van der Waals surface area contributed by atoms with Crippen LogP contribution in [0.4, 0.5) is 24.7 Å². The smallest absolute Gasteiger partial charge is 0.363 e. The number of aromatic nitrogens is 2. The van der Waals surface area contributed by atoms with E-state index in [-0.39, 0.29) is 17.9 Å². The summed E-state index contributed by atoms with van der Waals surface area (Å²) in [6.45, 7) is 1.78. The van der Waals surface area contributed by atoms with Gasteiger partial charge in [-0.05, 0) is 42.3 Å². The summed E-state index contributed by atoms with van der Waals surface area (Å²) < 4.78 is 42.2. The molecule has 162 valence electrons. The zero-order valence-corrected chi connectivity index (χ0v) is 17.7. The minimum Gasteiger partial charge on any atom is -0.363 e. The minimum absolute atomic E-state index is 0.112. The molecule has 0 unspecified atom stereocenters. The molecule has 1 aliphatic heterocycles. The third-order valence-electron chi connectivity index (χ3n) is 5.14. The van der Waals surface area contributed by atoms with Gasteiger partial charge in [0.1, 0.15) is 5.82 Å². The molecule has 0 radical (unpaired) electrons. The molecule has 0 saturated heterocycles. The molecule has 0 aliphatic carbocycles. The molecular weight excluding hydrogens is 452 g/mol. The first-order valence-corrected chi connectivity index (χ1v) is 10.1. The van der Waals surface area contributed by atoms with E-state index in [0.29, 0.717) is 21.3 Å². The fourth-order valence-corrected chi connectivity index (χ4v) is 3.81. The second-order valence-electron chi connectivity index (χ2n) is 7.31. The summed E-state index contributed by atoms with van der Waals surface area (Å²) in [5.41, 5.74) is 1.75. The predicted octanol–water partition coefficient (Wildman–Crippen LogP) is 6.41. The summed E-state index contributed by atoms with van der Waals surface area (Å²) in [6, 6.07) is 10.4. The number of benzene rings is 2. The van der Waals surface area contributed by atoms with Crippen molar-refractivity contribution in [1.82, 2.24) is 9.78 Å². The number of carbonyl (C=O) groups is 1. The van der Waals surface area contributed by atoms with Gasteiger partial charge in [0, 0.05) is 28.2 Å². The second kappa shape index (κ2) is 8.09. The Morgan fingerprint density at radius 1 is 1.13 bits per heavy atom. The number of amides is 1. The maximum Gasteiger partial charge on any atom is 0.410 e. The van der Waals surface area contributed by atoms with Crippen LogP contribution < -0.4 is 10.6 Å². The zero-order valence-electron chi connectivity index (χ0n) is 16.2. The normalized spacial score (nSPS) is 18.3. The third kappa shape index (κ3) is 4.50. The van der Waals surface area contributed by atoms with Crippen molar-refractivity contribution in [3.05, 3.63) is 75.4 Å². The van der Waals surface area contributed by atoms with Gasteiger partial charge < -0.3 is 10.6 Å². The summed E-state index contributed by atoms with van der Waals surface area (Å²) in [6.07, 6.45) is -4.81. The standard InChI is InChI=1S/C21H17Cl2F3N4O/c1-11-2-5-14(23)8-15(11)28-20(31)17-10-19-27-16(12-3-6-13(22)7-4-12)9-18(21(24,25)26)30(19)29-17/h2-8,10,16,18,27H,9H2,1H3,(H,28,31)/t16-,18+/m1/s1. The molecule has 1 aromatic heterocycles. The molecule has 0 spiro atoms. The zero-order chi connectivity index (χ0) is 22.3. The van der Waals surface area contributed by atoms with Crippen LogP contribution in [0, 0.1) is 6.92 Å². The number of hydrogen-bond acceptors (Lipinski definition) is 3. The molecule has 2 N–H and O–H groups in total. The van der Waals surface area contributed by atoms with Crippen LogP contribution in [0.5, 0.6) is 0 Å². The van der Waals surface area contributed by atoms with Gasteiger partial charge in [-0.3, -0.25) is 4.79 Å². The number of nitrogens with one attached hydrogen (secondary N) is 2. The van der Waals surface area contributed by atoms with Crippen LogP contribution in [-0.4, -0.2) is 21.9 Å². The van der Waals surface area contributed by atoms with Crippen LogP contribution in [0.1, 0.15) is 40.1 Å². The Kier molecular flexibility index (Phi) is 5.61. The number of halogens is 5. The lowest BCUT2D eigenvalue weighted by molar-refractivity contribution is -0.173. The predicted molar refractivity (Wildman–Crippen MR) is 114 cm³/mol. The third-order valence-corrected chi connectivity index (χ3v) is 5.63. The highest BCUT2D eigenvalue weighted by Crippen LogP contribution is 2.43. The van der Waals surface area contributed by atoms with E-state index < -0.39 is 24.2 Å². The highest BCUT2D eigenvalue weighted by atomic mass is 35.5. The van der Waals surface area contributed by atoms with Crippen molar-refractivity contribution in [2.45, 2.75) is 31.6 Å². The van der Waals surface area contributed by atoms with Crippen molar-refractivity contribution in [3.63, 3.8) is 0 Å². The molecule has 4 rings (SSSR count). The van der Waals surface area contributed by atoms with Crippen molar-refractivity contribution in [2.24, 2.45) is 0 Å². The van der Waals surface area contributed by atoms with E-state index in [9.17, 15) is 18.0 Å². The second-order valence-corrected chi connectivity index (χ2v) is 8.19. The van der Waals surface area contributed by atoms with Crippen LogP contribution >= 0.6 is 23.2 Å². The topological polar surface area (TPSA) is 59.0 Å². The summed E-state index contributed by atoms with van der Waals surface area (Å²) in [5, 5.41) is 10.6. The van der Waals surface area contributed by atoms with E-state index in [0.717, 1.165) is 10.2 Å². The van der Waals surface area contributed by atoms with Crippen molar-refractivity contribution >= 4 is 40.6 Å². The number of nitrogens with zero attached hydrogens (tertiary/aromatic N) is 2. The number of alkyl halides is 3. The van der Waals surface area contributed by atoms with Crippen molar-refractivity contribution in [1.29, 1.82) is 0 Å². The number of rotatable bonds is 3. The van der Waals surface area contributed by atoms with Gasteiger partial charge in [0.15, 0.2) is 11.7 Å². The number of hydrogen-bond donors (Lipinski definition) is 2. The van der Waals surface area contributed by atoms with Gasteiger partial charge in [-0.25, -0.2) is 4.68 Å². The molecule has 2 atom stereocenters. The first-order chi connectivity index (χ1) is 14.6. The van der Waals surface area contributed by atoms with Crippen LogP contribution in [0.15, 0.2) is 48.5 Å². The first-order valence-electron chi connectivity index (χ1n) is 9.37. The van der Waals surface area contributed by atoms with Gasteiger partial charge >= 0.3 is 6.18 Å². The fraction of sp³-hybridized carbons (Fsp3) is 0.238. The summed E-state index contributed by atoms with van der Waals surface area (Å²) >= 11 is 11.9. The van der Waals surface area contributed by atoms with E-state index in [1.54, 1.807) is 49.4 Å². The Balaban J connectivity index is 1.65. The number of fused-ring (bicyclic) bond motifs is 1. The summed E-state index contributed by atoms with van der Waals surface area (Å²) in [5.74, 6) is -0.514. The van der Waals surface area contributed by atoms with Gasteiger partial charge in [0.25, 0.3) is 5.91 Å². The van der Waals surface area contributed by atoms with Crippen molar-refractivity contribution in [2.75, 3.05) is 10.6 Å². The Bertz CT molecular complexity index is 1130. The van der Waals surface area contributed by atoms with E-state index in [1.165, 1.54) is 6.07 Å². The summed E-state index contributed by atoms with van der Waals surface area (Å²) in [7, 11) is 0. The number of aryl methyl sites for hydroxylation is 1. The van der Waals surface area contributed by atoms with Crippen molar-refractivity contribution in [3.8, 4) is 0 Å². The molecule has 0 bridgehead atoms. The lowest BCUT2D eigenvalue weighted by Crippen LogP contribution is -2.35. The molecule has 0 saturated carbocycles. The monoisotopic (exact) mass is 468 g/mol. The lowest BCUT2D eigenvalue weighted by Gasteiger charge is -2.33. The van der Waals surface area contributed by atoms with E-state index in [2.05, 4.69) is 15.7 Å². The minimum atomic E-state index is -4.54. The first kappa shape index (κ1) is 21.5. The molecule has 2 heterocycles. The molecule has 1 aliphatic rings. The van der Waals surface area contributed by atoms with Gasteiger partial charge in [-0.1, -0.05) is 41.4 Å². The Hall–Kier alpha value is -2.71. The van der Waals surface area contributed by atoms with E-state index >= 15 is 0 Å². The Labute approximate surface area is 186 Å². The number of anilines is 2. The molecule has 5 nitrogen and oxygen atoms in total. The van der Waals surface area contributed by atoms with Crippen LogP contribution in [0.3, 0.4) is 0 Å². The average molecular weight is 469 g/mol. The molecule has 1 amide bonds. The van der Waals surface area contributed by atoms with Crippen LogP contribution in [0.25, 0.3) is 0 Å². The van der Waals surface area contributed by atoms with Crippen LogP contribution in [-0.2, 0) is 0 Å². The molecule has 31 heavy (non-hydrogen) atoms. The largest absolute Gasteiger partial charge is 0.410 e. The lowest BCUT2D eigenvalue weighted by atomic mass is 9.97. The Morgan fingerprint density at radius 3 is 2.48 bits per heavy atom. The summed E-state index contributed by atoms with van der Waals surface area (Å²) in [4.78, 5) is 12.7. The van der Waals surface area contributed by atoms with Gasteiger partial charge in [-0.2, -0.15) is 18.3 Å². The number of carbonyl (C=O) groups excluding carboxylic acids is 1. The van der Waals surface area contributed by atoms with Gasteiger partial charge in [-0.15, -0.1) is 0 Å². The van der Waals surface area contributed by atoms with Crippen molar-refractivity contribution < 1.29 is 18.0 Å². The fourth-order valence-electron chi connectivity index (χ4n) is 3.51. The highest BCUT2D eigenvalue weighted by Gasteiger charge is 2.46. The maximum atomic E-state index is 13.8. The van der Waals surface area contributed by atoms with Gasteiger partial charge in [0.2, 0.25) is 0 Å². The molecule has 3 aromatic rings. The maximum absolute atomic E-state index is 13.8. The quantitative estimate of drug-likeness (QED) is 0.466. The molecule has 0 fully saturated rings. The Morgan fingerprint density at radius 2 is 1.81 bits per heavy atom. The SMILES string of the molecule is Cc1ccc(Cl)cc1NC(=O)c1cc2n(n1)[C@H](C(F)(F)F)C[C@H](c1ccc(Cl)cc1)N2. The molecule has 2 aromatic carbocycles. The highest BCUT2D eigenvalue weighted by molar-refractivity contribution is 6.31. The van der Waals surface area contributed by atoms with E-state index in [1.807, 2.05) is 0 Å². The molecular formula is C21H17Cl2F3N4O. The molecule has 10 heteroatoms. The van der Waals surface area contributed by atoms with Gasteiger partial charge in [0.05, 0.1) is 6.04 Å². The average Bonchev–Trinajstić information content (AvgIpc) is 3.14. The van der Waals surface area contributed by atoms with Crippen LogP contribution in [0.2, 0.25) is 10.0 Å². The van der Waals surface area contributed by atoms with E-state index in [4.69, 9.17) is 23.2 Å².